The summed E-state index contributed by atoms with van der Waals surface area (Å²) >= 11 is 0. The number of rotatable bonds is 2. The van der Waals surface area contributed by atoms with Gasteiger partial charge in [0.15, 0.2) is 0 Å². The summed E-state index contributed by atoms with van der Waals surface area (Å²) in [6, 6.07) is 7.51. The van der Waals surface area contributed by atoms with Crippen LogP contribution >= 0.6 is 0 Å². The van der Waals surface area contributed by atoms with Gasteiger partial charge in [-0.2, -0.15) is 0 Å². The van der Waals surface area contributed by atoms with Crippen molar-refractivity contribution in [3.63, 3.8) is 0 Å². The second-order valence-corrected chi connectivity index (χ2v) is 4.73. The molecule has 1 saturated heterocycles. The van der Waals surface area contributed by atoms with Gasteiger partial charge < -0.3 is 9.47 Å². The first-order valence-electron chi connectivity index (χ1n) is 6.15. The van der Waals surface area contributed by atoms with Crippen LogP contribution in [0, 0.1) is 0 Å². The number of hydrogen-bond donors (Lipinski definition) is 0. The molecule has 18 heavy (non-hydrogen) atoms. The number of esters is 1. The van der Waals surface area contributed by atoms with Gasteiger partial charge in [0.2, 0.25) is 0 Å². The van der Waals surface area contributed by atoms with Gasteiger partial charge in [-0.3, -0.25) is 4.79 Å². The Labute approximate surface area is 107 Å². The fourth-order valence-corrected chi connectivity index (χ4v) is 2.31. The summed E-state index contributed by atoms with van der Waals surface area (Å²) in [6.45, 7) is 7.48. The summed E-state index contributed by atoms with van der Waals surface area (Å²) in [7, 11) is 0. The van der Waals surface area contributed by atoms with E-state index >= 15 is 0 Å². The summed E-state index contributed by atoms with van der Waals surface area (Å²) in [4.78, 5) is 11.1. The van der Waals surface area contributed by atoms with Gasteiger partial charge in [0, 0.05) is 12.5 Å². The van der Waals surface area contributed by atoms with E-state index in [9.17, 15) is 4.79 Å². The van der Waals surface area contributed by atoms with Gasteiger partial charge in [0.05, 0.1) is 12.2 Å². The molecule has 0 aromatic heterocycles. The highest BCUT2D eigenvalue weighted by molar-refractivity contribution is 5.69. The van der Waals surface area contributed by atoms with Crippen molar-refractivity contribution < 1.29 is 14.3 Å². The molecule has 0 saturated carbocycles. The molecule has 3 heteroatoms. The first kappa shape index (κ1) is 12.8. The van der Waals surface area contributed by atoms with Crippen LogP contribution in [0.15, 0.2) is 36.4 Å². The number of hydrogen-bond acceptors (Lipinski definition) is 3. The smallest absolute Gasteiger partial charge is 0.308 e. The maximum absolute atomic E-state index is 11.1. The topological polar surface area (TPSA) is 35.5 Å². The Bertz CT molecular complexity index is 465. The molecular weight excluding hydrogens is 228 g/mol. The van der Waals surface area contributed by atoms with Crippen molar-refractivity contribution in [3.8, 4) is 5.75 Å². The van der Waals surface area contributed by atoms with Crippen LogP contribution in [0.25, 0.3) is 0 Å². The van der Waals surface area contributed by atoms with Crippen molar-refractivity contribution in [2.24, 2.45) is 0 Å². The van der Waals surface area contributed by atoms with Gasteiger partial charge in [0.1, 0.15) is 5.75 Å². The number of ether oxygens (including phenoxy) is 2. The second kappa shape index (κ2) is 5.36. The molecule has 0 aliphatic carbocycles. The van der Waals surface area contributed by atoms with Crippen LogP contribution in [0.3, 0.4) is 0 Å². The van der Waals surface area contributed by atoms with Crippen LogP contribution in [0.2, 0.25) is 0 Å². The zero-order valence-electron chi connectivity index (χ0n) is 10.8. The standard InChI is InChI=1S/C15H18O3/c1-10-8-11(2)17-15(9-10)13-6-4-5-7-14(13)18-12(3)16/h4-7,11,15H,1,8-9H2,2-3H3. The van der Waals surface area contributed by atoms with Crippen molar-refractivity contribution in [1.29, 1.82) is 0 Å². The fraction of sp³-hybridized carbons (Fsp3) is 0.400. The molecule has 1 aliphatic heterocycles. The lowest BCUT2D eigenvalue weighted by Crippen LogP contribution is -2.21. The van der Waals surface area contributed by atoms with Gasteiger partial charge in [-0.05, 0) is 25.8 Å². The lowest BCUT2D eigenvalue weighted by atomic mass is 9.95. The van der Waals surface area contributed by atoms with E-state index in [-0.39, 0.29) is 18.2 Å². The molecule has 1 aromatic carbocycles. The second-order valence-electron chi connectivity index (χ2n) is 4.73. The van der Waals surface area contributed by atoms with E-state index < -0.39 is 0 Å². The largest absolute Gasteiger partial charge is 0.426 e. The number of benzene rings is 1. The number of para-hydroxylation sites is 1. The van der Waals surface area contributed by atoms with Crippen LogP contribution in [-0.2, 0) is 9.53 Å². The normalized spacial score (nSPS) is 23.8. The Morgan fingerprint density at radius 1 is 1.39 bits per heavy atom. The molecule has 2 rings (SSSR count). The Kier molecular flexibility index (Phi) is 3.82. The molecule has 1 aromatic rings. The highest BCUT2D eigenvalue weighted by Crippen LogP contribution is 2.37. The van der Waals surface area contributed by atoms with Gasteiger partial charge in [-0.1, -0.05) is 30.4 Å². The molecule has 0 amide bonds. The van der Waals surface area contributed by atoms with E-state index in [0.29, 0.717) is 5.75 Å². The first-order chi connectivity index (χ1) is 8.56. The maximum atomic E-state index is 11.1. The summed E-state index contributed by atoms with van der Waals surface area (Å²) in [6.07, 6.45) is 1.76. The van der Waals surface area contributed by atoms with Gasteiger partial charge in [-0.25, -0.2) is 0 Å². The zero-order valence-corrected chi connectivity index (χ0v) is 10.8. The van der Waals surface area contributed by atoms with E-state index in [1.165, 1.54) is 12.5 Å². The molecule has 1 fully saturated rings. The average Bonchev–Trinajstić information content (AvgIpc) is 2.27. The van der Waals surface area contributed by atoms with Crippen molar-refractivity contribution in [2.45, 2.75) is 38.9 Å². The Balaban J connectivity index is 2.26. The van der Waals surface area contributed by atoms with Crippen molar-refractivity contribution in [1.82, 2.24) is 0 Å². The van der Waals surface area contributed by atoms with E-state index in [2.05, 4.69) is 6.58 Å². The monoisotopic (exact) mass is 246 g/mol. The van der Waals surface area contributed by atoms with Crippen LogP contribution in [0.1, 0.15) is 38.4 Å². The predicted molar refractivity (Wildman–Crippen MR) is 69.4 cm³/mol. The van der Waals surface area contributed by atoms with Crippen LogP contribution in [0.4, 0.5) is 0 Å². The minimum absolute atomic E-state index is 0.0724. The lowest BCUT2D eigenvalue weighted by Gasteiger charge is -2.30. The molecule has 0 spiro atoms. The van der Waals surface area contributed by atoms with E-state index in [4.69, 9.17) is 9.47 Å². The third-order valence-corrected chi connectivity index (χ3v) is 2.97. The third-order valence-electron chi connectivity index (χ3n) is 2.97. The molecule has 3 nitrogen and oxygen atoms in total. The molecule has 1 aliphatic rings. The summed E-state index contributed by atoms with van der Waals surface area (Å²) in [5.41, 5.74) is 2.09. The SMILES string of the molecule is C=C1CC(C)OC(c2ccccc2OC(C)=O)C1. The van der Waals surface area contributed by atoms with Crippen LogP contribution < -0.4 is 4.74 Å². The number of carbonyl (C=O) groups excluding carboxylic acids is 1. The number of carbonyl (C=O) groups is 1. The minimum atomic E-state index is -0.315. The highest BCUT2D eigenvalue weighted by Gasteiger charge is 2.25. The molecule has 96 valence electrons. The summed E-state index contributed by atoms with van der Waals surface area (Å²) in [5, 5.41) is 0. The Hall–Kier alpha value is -1.61. The third kappa shape index (κ3) is 2.99. The quantitative estimate of drug-likeness (QED) is 0.456. The highest BCUT2D eigenvalue weighted by atomic mass is 16.5. The molecule has 0 bridgehead atoms. The first-order valence-corrected chi connectivity index (χ1v) is 6.15. The molecular formula is C15H18O3. The van der Waals surface area contributed by atoms with Gasteiger partial charge in [0.25, 0.3) is 0 Å². The van der Waals surface area contributed by atoms with Crippen molar-refractivity contribution >= 4 is 5.97 Å². The summed E-state index contributed by atoms with van der Waals surface area (Å²) in [5.74, 6) is 0.266. The van der Waals surface area contributed by atoms with E-state index in [1.807, 2.05) is 25.1 Å². The molecule has 2 unspecified atom stereocenters. The zero-order chi connectivity index (χ0) is 13.1. The fourth-order valence-electron chi connectivity index (χ4n) is 2.31. The van der Waals surface area contributed by atoms with Crippen molar-refractivity contribution in [3.05, 3.63) is 42.0 Å². The van der Waals surface area contributed by atoms with Crippen LogP contribution in [0.5, 0.6) is 5.75 Å². The molecule has 2 atom stereocenters. The van der Waals surface area contributed by atoms with Gasteiger partial charge in [-0.15, -0.1) is 0 Å². The van der Waals surface area contributed by atoms with Gasteiger partial charge >= 0.3 is 5.97 Å². The Morgan fingerprint density at radius 3 is 2.78 bits per heavy atom. The molecule has 1 heterocycles. The predicted octanol–water partition coefficient (Wildman–Crippen LogP) is 3.41. The van der Waals surface area contributed by atoms with E-state index in [1.54, 1.807) is 6.07 Å². The lowest BCUT2D eigenvalue weighted by molar-refractivity contribution is -0.132. The van der Waals surface area contributed by atoms with E-state index in [0.717, 1.165) is 18.4 Å². The minimum Gasteiger partial charge on any atom is -0.426 e. The van der Waals surface area contributed by atoms with Crippen molar-refractivity contribution in [2.75, 3.05) is 0 Å². The maximum Gasteiger partial charge on any atom is 0.308 e. The average molecular weight is 246 g/mol. The summed E-state index contributed by atoms with van der Waals surface area (Å²) < 4.78 is 11.1. The Morgan fingerprint density at radius 2 is 2.11 bits per heavy atom. The van der Waals surface area contributed by atoms with Crippen LogP contribution in [-0.4, -0.2) is 12.1 Å². The molecule has 0 radical (unpaired) electrons. The molecule has 0 N–H and O–H groups in total.